The number of alkyl halides is 4. The van der Waals surface area contributed by atoms with Crippen LogP contribution < -0.4 is 0 Å². The quantitative estimate of drug-likeness (QED) is 0.378. The number of hydrogen-bond acceptors (Lipinski definition) is 1. The fraction of sp³-hybridized carbons (Fsp3) is 0.231. The molecule has 0 radical (unpaired) electrons. The van der Waals surface area contributed by atoms with Gasteiger partial charge in [0.15, 0.2) is 0 Å². The molecule has 0 spiro atoms. The molecule has 0 amide bonds. The maximum Gasteiger partial charge on any atom is 0.419 e. The number of benzene rings is 1. The van der Waals surface area contributed by atoms with Crippen LogP contribution >= 0.6 is 43.2 Å². The lowest BCUT2D eigenvalue weighted by atomic mass is 10.0. The van der Waals surface area contributed by atoms with Crippen LogP contribution in [0.2, 0.25) is 0 Å². The average molecular weight is 432 g/mol. The van der Waals surface area contributed by atoms with E-state index >= 15 is 0 Å². The summed E-state index contributed by atoms with van der Waals surface area (Å²) >= 11 is 8.05. The van der Waals surface area contributed by atoms with E-state index < -0.39 is 22.4 Å². The molecule has 7 heteroatoms. The number of aryl methyl sites for hydroxylation is 1. The molecular formula is C13H8Br2F4S. The SMILES string of the molecule is Cc1sc(Br)cc1C(Br)c1cccc(C(F)(F)F)c1F. The minimum Gasteiger partial charge on any atom is -0.206 e. The minimum absolute atomic E-state index is 0.0202. The normalized spacial score (nSPS) is 13.6. The summed E-state index contributed by atoms with van der Waals surface area (Å²) in [4.78, 5) is 0.294. The lowest BCUT2D eigenvalue weighted by Gasteiger charge is -2.15. The Kier molecular flexibility index (Phi) is 4.61. The summed E-state index contributed by atoms with van der Waals surface area (Å²) in [5.74, 6) is -1.23. The van der Waals surface area contributed by atoms with E-state index in [-0.39, 0.29) is 5.56 Å². The lowest BCUT2D eigenvalue weighted by Crippen LogP contribution is -2.10. The highest BCUT2D eigenvalue weighted by Gasteiger charge is 2.35. The van der Waals surface area contributed by atoms with E-state index in [4.69, 9.17) is 0 Å². The molecule has 1 unspecified atom stereocenters. The molecule has 0 N–H and O–H groups in total. The first kappa shape index (κ1) is 16.0. The van der Waals surface area contributed by atoms with Crippen molar-refractivity contribution >= 4 is 43.2 Å². The van der Waals surface area contributed by atoms with Crippen LogP contribution in [0.3, 0.4) is 0 Å². The molecule has 2 rings (SSSR count). The molecule has 1 heterocycles. The van der Waals surface area contributed by atoms with E-state index in [1.54, 1.807) is 6.07 Å². The molecule has 0 fully saturated rings. The Labute approximate surface area is 134 Å². The van der Waals surface area contributed by atoms with Crippen molar-refractivity contribution in [3.8, 4) is 0 Å². The van der Waals surface area contributed by atoms with Gasteiger partial charge in [-0.05, 0) is 40.5 Å². The zero-order valence-corrected chi connectivity index (χ0v) is 14.1. The van der Waals surface area contributed by atoms with E-state index in [9.17, 15) is 17.6 Å². The molecule has 0 aliphatic heterocycles. The molecule has 0 saturated heterocycles. The Hall–Kier alpha value is -0.400. The zero-order valence-electron chi connectivity index (χ0n) is 10.1. The van der Waals surface area contributed by atoms with Gasteiger partial charge in [0.2, 0.25) is 0 Å². The smallest absolute Gasteiger partial charge is 0.206 e. The summed E-state index contributed by atoms with van der Waals surface area (Å²) in [7, 11) is 0. The molecule has 2 aromatic rings. The summed E-state index contributed by atoms with van der Waals surface area (Å²) in [5, 5.41) is 0. The van der Waals surface area contributed by atoms with Gasteiger partial charge in [0.05, 0.1) is 14.2 Å². The molecule has 0 aliphatic rings. The predicted molar refractivity (Wildman–Crippen MR) is 78.9 cm³/mol. The van der Waals surface area contributed by atoms with Gasteiger partial charge in [-0.25, -0.2) is 4.39 Å². The van der Waals surface area contributed by atoms with Crippen LogP contribution in [0.15, 0.2) is 28.1 Å². The van der Waals surface area contributed by atoms with Crippen molar-refractivity contribution in [1.29, 1.82) is 0 Å². The second-order valence-electron chi connectivity index (χ2n) is 4.13. The van der Waals surface area contributed by atoms with E-state index in [0.29, 0.717) is 0 Å². The summed E-state index contributed by atoms with van der Waals surface area (Å²) in [6.45, 7) is 1.84. The van der Waals surface area contributed by atoms with E-state index in [1.165, 1.54) is 23.5 Å². The highest BCUT2D eigenvalue weighted by atomic mass is 79.9. The standard InChI is InChI=1S/C13H8Br2F4S/c1-6-8(5-10(14)20-6)11(15)7-3-2-4-9(12(7)16)13(17,18)19/h2-5,11H,1H3. The van der Waals surface area contributed by atoms with Crippen LogP contribution in [0.4, 0.5) is 17.6 Å². The van der Waals surface area contributed by atoms with Crippen molar-refractivity contribution in [3.63, 3.8) is 0 Å². The van der Waals surface area contributed by atoms with Crippen LogP contribution in [0.1, 0.15) is 26.4 Å². The number of rotatable bonds is 2. The average Bonchev–Trinajstić information content (AvgIpc) is 2.66. The second-order valence-corrected chi connectivity index (χ2v) is 7.68. The summed E-state index contributed by atoms with van der Waals surface area (Å²) in [6, 6.07) is 5.09. The molecule has 1 atom stereocenters. The van der Waals surface area contributed by atoms with E-state index in [2.05, 4.69) is 31.9 Å². The zero-order chi connectivity index (χ0) is 15.1. The second kappa shape index (κ2) is 5.77. The predicted octanol–water partition coefficient (Wildman–Crippen LogP) is 6.46. The Bertz CT molecular complexity index is 634. The van der Waals surface area contributed by atoms with Gasteiger partial charge in [0.25, 0.3) is 0 Å². The molecule has 1 aromatic heterocycles. The fourth-order valence-corrected chi connectivity index (χ4v) is 4.57. The largest absolute Gasteiger partial charge is 0.419 e. The van der Waals surface area contributed by atoms with Crippen LogP contribution in [-0.4, -0.2) is 0 Å². The highest BCUT2D eigenvalue weighted by Crippen LogP contribution is 2.41. The molecule has 0 aliphatic carbocycles. The van der Waals surface area contributed by atoms with Gasteiger partial charge in [-0.3, -0.25) is 0 Å². The van der Waals surface area contributed by atoms with Crippen molar-refractivity contribution in [1.82, 2.24) is 0 Å². The minimum atomic E-state index is -4.70. The maximum atomic E-state index is 14.1. The maximum absolute atomic E-state index is 14.1. The van der Waals surface area contributed by atoms with Gasteiger partial charge < -0.3 is 0 Å². The number of hydrogen-bond donors (Lipinski definition) is 0. The van der Waals surface area contributed by atoms with Crippen LogP contribution in [0, 0.1) is 12.7 Å². The third-order valence-electron chi connectivity index (χ3n) is 2.81. The molecular weight excluding hydrogens is 424 g/mol. The third kappa shape index (κ3) is 3.09. The molecule has 1 aromatic carbocycles. The monoisotopic (exact) mass is 430 g/mol. The van der Waals surface area contributed by atoms with Crippen molar-refractivity contribution < 1.29 is 17.6 Å². The highest BCUT2D eigenvalue weighted by molar-refractivity contribution is 9.11. The summed E-state index contributed by atoms with van der Waals surface area (Å²) < 4.78 is 53.1. The molecule has 0 nitrogen and oxygen atoms in total. The lowest BCUT2D eigenvalue weighted by molar-refractivity contribution is -0.140. The van der Waals surface area contributed by atoms with Gasteiger partial charge in [0, 0.05) is 10.4 Å². The molecule has 0 bridgehead atoms. The van der Waals surface area contributed by atoms with Crippen molar-refractivity contribution in [2.24, 2.45) is 0 Å². The molecule has 20 heavy (non-hydrogen) atoms. The first-order valence-corrected chi connectivity index (χ1v) is 8.00. The first-order chi connectivity index (χ1) is 9.21. The third-order valence-corrected chi connectivity index (χ3v) is 5.36. The van der Waals surface area contributed by atoms with E-state index in [0.717, 1.165) is 20.3 Å². The van der Waals surface area contributed by atoms with E-state index in [1.807, 2.05) is 6.92 Å². The number of thiophene rings is 1. The van der Waals surface area contributed by atoms with Crippen molar-refractivity contribution in [2.75, 3.05) is 0 Å². The Morgan fingerprint density at radius 1 is 1.20 bits per heavy atom. The summed E-state index contributed by atoms with van der Waals surface area (Å²) in [6.07, 6.45) is -4.70. The van der Waals surface area contributed by atoms with Gasteiger partial charge in [-0.1, -0.05) is 28.1 Å². The molecule has 108 valence electrons. The fourth-order valence-electron chi connectivity index (χ4n) is 1.84. The van der Waals surface area contributed by atoms with Crippen LogP contribution in [0.25, 0.3) is 0 Å². The van der Waals surface area contributed by atoms with Gasteiger partial charge in [0.1, 0.15) is 5.82 Å². The van der Waals surface area contributed by atoms with Crippen LogP contribution in [-0.2, 0) is 6.18 Å². The van der Waals surface area contributed by atoms with Crippen LogP contribution in [0.5, 0.6) is 0 Å². The Morgan fingerprint density at radius 3 is 2.35 bits per heavy atom. The number of halogens is 6. The van der Waals surface area contributed by atoms with Gasteiger partial charge in [-0.15, -0.1) is 11.3 Å². The summed E-state index contributed by atoms with van der Waals surface area (Å²) in [5.41, 5.74) is -0.514. The Morgan fingerprint density at radius 2 is 1.85 bits per heavy atom. The first-order valence-electron chi connectivity index (χ1n) is 5.47. The van der Waals surface area contributed by atoms with Gasteiger partial charge in [-0.2, -0.15) is 13.2 Å². The van der Waals surface area contributed by atoms with Crippen molar-refractivity contribution in [3.05, 3.63) is 55.4 Å². The Balaban J connectivity index is 2.51. The van der Waals surface area contributed by atoms with Crippen molar-refractivity contribution in [2.45, 2.75) is 17.9 Å². The topological polar surface area (TPSA) is 0 Å². The van der Waals surface area contributed by atoms with Gasteiger partial charge >= 0.3 is 6.18 Å². The molecule has 0 saturated carbocycles.